The van der Waals surface area contributed by atoms with E-state index in [1.54, 1.807) is 0 Å². The van der Waals surface area contributed by atoms with Crippen molar-refractivity contribution in [2.75, 3.05) is 19.7 Å². The van der Waals surface area contributed by atoms with Gasteiger partial charge in [0.05, 0.1) is 12.6 Å². The van der Waals surface area contributed by atoms with Crippen molar-refractivity contribution in [1.82, 2.24) is 20.1 Å². The first-order chi connectivity index (χ1) is 7.74. The number of nitrogens with zero attached hydrogens (tertiary/aromatic N) is 3. The topological polar surface area (TPSA) is 63.0 Å². The number of hydrogen-bond donors (Lipinski definition) is 2. The molecule has 2 N–H and O–H groups in total. The number of aromatic nitrogens is 3. The number of rotatable bonds is 3. The van der Waals surface area contributed by atoms with Crippen LogP contribution in [0.4, 0.5) is 0 Å². The van der Waals surface area contributed by atoms with Gasteiger partial charge in [0.1, 0.15) is 11.6 Å². The standard InChI is InChI=1S/C11H20N4O/c1-8(7-16)15-9(2)13-14-11(15)10-4-3-5-12-6-10/h8,10,12,16H,3-7H2,1-2H3. The lowest BCUT2D eigenvalue weighted by atomic mass is 9.98. The Morgan fingerprint density at radius 3 is 3.00 bits per heavy atom. The van der Waals surface area contributed by atoms with Crippen LogP contribution < -0.4 is 5.32 Å². The average molecular weight is 224 g/mol. The third-order valence-electron chi connectivity index (χ3n) is 3.26. The Bertz CT molecular complexity index is 344. The van der Waals surface area contributed by atoms with Crippen molar-refractivity contribution >= 4 is 0 Å². The Kier molecular flexibility index (Phi) is 3.56. The summed E-state index contributed by atoms with van der Waals surface area (Å²) >= 11 is 0. The number of aliphatic hydroxyl groups excluding tert-OH is 1. The van der Waals surface area contributed by atoms with Crippen LogP contribution in [0.2, 0.25) is 0 Å². The van der Waals surface area contributed by atoms with Crippen molar-refractivity contribution in [2.24, 2.45) is 0 Å². The first-order valence-corrected chi connectivity index (χ1v) is 5.97. The first-order valence-electron chi connectivity index (χ1n) is 5.97. The third kappa shape index (κ3) is 2.10. The SMILES string of the molecule is Cc1nnc(C2CCCNC2)n1C(C)CO. The van der Waals surface area contributed by atoms with Crippen LogP contribution in [0.1, 0.15) is 43.4 Å². The third-order valence-corrected chi connectivity index (χ3v) is 3.26. The Morgan fingerprint density at radius 1 is 1.56 bits per heavy atom. The molecule has 1 aromatic rings. The van der Waals surface area contributed by atoms with Gasteiger partial charge in [-0.25, -0.2) is 0 Å². The second kappa shape index (κ2) is 4.93. The normalized spacial score (nSPS) is 23.3. The van der Waals surface area contributed by atoms with Crippen molar-refractivity contribution in [3.8, 4) is 0 Å². The summed E-state index contributed by atoms with van der Waals surface area (Å²) < 4.78 is 2.07. The molecule has 1 aliphatic rings. The van der Waals surface area contributed by atoms with E-state index < -0.39 is 0 Å². The Labute approximate surface area is 95.9 Å². The second-order valence-electron chi connectivity index (χ2n) is 4.55. The molecule has 0 aliphatic carbocycles. The summed E-state index contributed by atoms with van der Waals surface area (Å²) in [5.74, 6) is 2.34. The smallest absolute Gasteiger partial charge is 0.137 e. The van der Waals surface area contributed by atoms with Crippen molar-refractivity contribution in [2.45, 2.75) is 38.6 Å². The van der Waals surface area contributed by atoms with E-state index in [4.69, 9.17) is 0 Å². The van der Waals surface area contributed by atoms with Gasteiger partial charge in [0, 0.05) is 12.5 Å². The molecule has 5 heteroatoms. The minimum absolute atomic E-state index is 0.0620. The number of piperidine rings is 1. The molecule has 0 amide bonds. The van der Waals surface area contributed by atoms with E-state index in [9.17, 15) is 5.11 Å². The van der Waals surface area contributed by atoms with Gasteiger partial charge in [-0.3, -0.25) is 0 Å². The van der Waals surface area contributed by atoms with Gasteiger partial charge in [0.2, 0.25) is 0 Å². The van der Waals surface area contributed by atoms with Crippen LogP contribution in [-0.4, -0.2) is 39.6 Å². The Balaban J connectivity index is 2.25. The minimum Gasteiger partial charge on any atom is -0.394 e. The van der Waals surface area contributed by atoms with E-state index in [1.165, 1.54) is 6.42 Å². The zero-order valence-corrected chi connectivity index (χ0v) is 9.98. The van der Waals surface area contributed by atoms with Gasteiger partial charge in [0.25, 0.3) is 0 Å². The largest absolute Gasteiger partial charge is 0.394 e. The second-order valence-corrected chi connectivity index (χ2v) is 4.55. The van der Waals surface area contributed by atoms with Crippen LogP contribution in [0.25, 0.3) is 0 Å². The predicted octanol–water partition coefficient (Wildman–Crippen LogP) is 0.607. The van der Waals surface area contributed by atoms with Crippen molar-refractivity contribution in [3.05, 3.63) is 11.6 Å². The van der Waals surface area contributed by atoms with Gasteiger partial charge < -0.3 is 15.0 Å². The van der Waals surface area contributed by atoms with E-state index >= 15 is 0 Å². The van der Waals surface area contributed by atoms with Gasteiger partial charge in [-0.2, -0.15) is 0 Å². The molecular weight excluding hydrogens is 204 g/mol. The lowest BCUT2D eigenvalue weighted by molar-refractivity contribution is 0.232. The molecule has 1 saturated heterocycles. The average Bonchev–Trinajstić information content (AvgIpc) is 2.71. The molecule has 1 aromatic heterocycles. The molecule has 5 nitrogen and oxygen atoms in total. The van der Waals surface area contributed by atoms with E-state index in [0.29, 0.717) is 5.92 Å². The summed E-state index contributed by atoms with van der Waals surface area (Å²) in [7, 11) is 0. The molecule has 16 heavy (non-hydrogen) atoms. The summed E-state index contributed by atoms with van der Waals surface area (Å²) in [6, 6.07) is 0.0620. The van der Waals surface area contributed by atoms with Crippen LogP contribution >= 0.6 is 0 Å². The first kappa shape index (κ1) is 11.5. The van der Waals surface area contributed by atoms with Crippen LogP contribution in [0.15, 0.2) is 0 Å². The predicted molar refractivity (Wildman–Crippen MR) is 61.4 cm³/mol. The van der Waals surface area contributed by atoms with Gasteiger partial charge in [-0.15, -0.1) is 10.2 Å². The quantitative estimate of drug-likeness (QED) is 0.789. The minimum atomic E-state index is 0.0620. The molecule has 1 aliphatic heterocycles. The molecule has 0 radical (unpaired) electrons. The Morgan fingerprint density at radius 2 is 2.38 bits per heavy atom. The van der Waals surface area contributed by atoms with Gasteiger partial charge in [-0.05, 0) is 33.2 Å². The fourth-order valence-electron chi connectivity index (χ4n) is 2.36. The van der Waals surface area contributed by atoms with Crippen LogP contribution in [-0.2, 0) is 0 Å². The van der Waals surface area contributed by atoms with Gasteiger partial charge >= 0.3 is 0 Å². The molecule has 90 valence electrons. The zero-order chi connectivity index (χ0) is 11.5. The summed E-state index contributed by atoms with van der Waals surface area (Å²) in [5.41, 5.74) is 0. The number of aryl methyl sites for hydroxylation is 1. The fourth-order valence-corrected chi connectivity index (χ4v) is 2.36. The maximum Gasteiger partial charge on any atom is 0.137 e. The highest BCUT2D eigenvalue weighted by atomic mass is 16.3. The summed E-state index contributed by atoms with van der Waals surface area (Å²) in [6.07, 6.45) is 2.34. The van der Waals surface area contributed by atoms with Crippen molar-refractivity contribution in [3.63, 3.8) is 0 Å². The maximum absolute atomic E-state index is 9.26. The highest BCUT2D eigenvalue weighted by molar-refractivity contribution is 5.05. The summed E-state index contributed by atoms with van der Waals surface area (Å²) in [4.78, 5) is 0. The molecule has 0 spiro atoms. The summed E-state index contributed by atoms with van der Waals surface area (Å²) in [6.45, 7) is 6.14. The molecule has 1 fully saturated rings. The van der Waals surface area contributed by atoms with E-state index in [-0.39, 0.29) is 12.6 Å². The molecule has 0 saturated carbocycles. The Hall–Kier alpha value is -0.940. The molecule has 2 rings (SSSR count). The highest BCUT2D eigenvalue weighted by Gasteiger charge is 2.23. The molecular formula is C11H20N4O. The van der Waals surface area contributed by atoms with Crippen molar-refractivity contribution in [1.29, 1.82) is 0 Å². The monoisotopic (exact) mass is 224 g/mol. The van der Waals surface area contributed by atoms with Crippen molar-refractivity contribution < 1.29 is 5.11 Å². The van der Waals surface area contributed by atoms with Gasteiger partial charge in [0.15, 0.2) is 0 Å². The molecule has 0 aromatic carbocycles. The molecule has 2 unspecified atom stereocenters. The fraction of sp³-hybridized carbons (Fsp3) is 0.818. The summed E-state index contributed by atoms with van der Waals surface area (Å²) in [5, 5.41) is 21.1. The highest BCUT2D eigenvalue weighted by Crippen LogP contribution is 2.24. The number of nitrogens with one attached hydrogen (secondary N) is 1. The number of aliphatic hydroxyl groups is 1. The lowest BCUT2D eigenvalue weighted by Crippen LogP contribution is -2.31. The van der Waals surface area contributed by atoms with E-state index in [1.807, 2.05) is 13.8 Å². The van der Waals surface area contributed by atoms with E-state index in [2.05, 4.69) is 20.1 Å². The van der Waals surface area contributed by atoms with E-state index in [0.717, 1.165) is 31.2 Å². The van der Waals surface area contributed by atoms with Crippen LogP contribution in [0.5, 0.6) is 0 Å². The molecule has 0 bridgehead atoms. The number of hydrogen-bond acceptors (Lipinski definition) is 4. The maximum atomic E-state index is 9.26. The molecule has 2 heterocycles. The lowest BCUT2D eigenvalue weighted by Gasteiger charge is -2.24. The van der Waals surface area contributed by atoms with Gasteiger partial charge in [-0.1, -0.05) is 0 Å². The molecule has 2 atom stereocenters. The van der Waals surface area contributed by atoms with Crippen LogP contribution in [0, 0.1) is 6.92 Å². The van der Waals surface area contributed by atoms with Crippen LogP contribution in [0.3, 0.4) is 0 Å². The zero-order valence-electron chi connectivity index (χ0n) is 9.98.